The molecule has 1 aromatic carbocycles. The average Bonchev–Trinajstić information content (AvgIpc) is 2.67. The van der Waals surface area contributed by atoms with Crippen LogP contribution >= 0.6 is 0 Å². The van der Waals surface area contributed by atoms with E-state index in [0.717, 1.165) is 49.0 Å². The highest BCUT2D eigenvalue weighted by molar-refractivity contribution is 5.77. The molecule has 27 heavy (non-hydrogen) atoms. The minimum Gasteiger partial charge on any atom is -0.495 e. The van der Waals surface area contributed by atoms with E-state index in [1.807, 2.05) is 43.0 Å². The number of aryl methyl sites for hydroxylation is 2. The Bertz CT molecular complexity index is 767. The molecule has 1 aliphatic heterocycles. The van der Waals surface area contributed by atoms with Gasteiger partial charge in [-0.2, -0.15) is 0 Å². The summed E-state index contributed by atoms with van der Waals surface area (Å²) in [4.78, 5) is 25.4. The molecule has 0 radical (unpaired) electrons. The number of amides is 1. The Morgan fingerprint density at radius 3 is 2.44 bits per heavy atom. The van der Waals surface area contributed by atoms with E-state index in [2.05, 4.69) is 26.3 Å². The predicted molar refractivity (Wildman–Crippen MR) is 106 cm³/mol. The first-order chi connectivity index (χ1) is 13.1. The quantitative estimate of drug-likeness (QED) is 0.842. The van der Waals surface area contributed by atoms with Gasteiger partial charge in [0.1, 0.15) is 5.75 Å². The first-order valence-electron chi connectivity index (χ1n) is 9.28. The van der Waals surface area contributed by atoms with E-state index >= 15 is 0 Å². The van der Waals surface area contributed by atoms with Crippen LogP contribution < -0.4 is 15.0 Å². The summed E-state index contributed by atoms with van der Waals surface area (Å²) in [5, 5.41) is 3.15. The molecule has 3 rings (SSSR count). The standard InChI is InChI=1S/C20H27N5O2/c1-15-14-16(2)23-20(22-15)21-9-8-19(26)25-12-10-24(11-13-25)17-6-4-5-7-18(17)27-3/h4-7,14H,8-13H2,1-3H3,(H,21,22,23). The van der Waals surface area contributed by atoms with Gasteiger partial charge in [-0.25, -0.2) is 9.97 Å². The highest BCUT2D eigenvalue weighted by Crippen LogP contribution is 2.28. The fourth-order valence-electron chi connectivity index (χ4n) is 3.33. The molecule has 7 heteroatoms. The van der Waals surface area contributed by atoms with E-state index in [4.69, 9.17) is 4.74 Å². The summed E-state index contributed by atoms with van der Waals surface area (Å²) in [6, 6.07) is 9.93. The normalized spacial score (nSPS) is 14.2. The van der Waals surface area contributed by atoms with Gasteiger partial charge in [0.15, 0.2) is 0 Å². The van der Waals surface area contributed by atoms with Crippen molar-refractivity contribution >= 4 is 17.5 Å². The van der Waals surface area contributed by atoms with E-state index in [-0.39, 0.29) is 5.91 Å². The minimum absolute atomic E-state index is 0.159. The van der Waals surface area contributed by atoms with Crippen molar-refractivity contribution in [2.75, 3.05) is 50.1 Å². The Labute approximate surface area is 160 Å². The maximum absolute atomic E-state index is 12.5. The first-order valence-corrected chi connectivity index (χ1v) is 9.28. The molecule has 2 aromatic rings. The topological polar surface area (TPSA) is 70.6 Å². The number of carbonyl (C=O) groups is 1. The van der Waals surface area contributed by atoms with Crippen molar-refractivity contribution in [3.8, 4) is 5.75 Å². The number of aromatic nitrogens is 2. The van der Waals surface area contributed by atoms with Gasteiger partial charge in [0.25, 0.3) is 0 Å². The van der Waals surface area contributed by atoms with Crippen molar-refractivity contribution in [1.29, 1.82) is 0 Å². The van der Waals surface area contributed by atoms with Gasteiger partial charge in [0, 0.05) is 50.5 Å². The second-order valence-corrected chi connectivity index (χ2v) is 6.69. The van der Waals surface area contributed by atoms with Gasteiger partial charge in [-0.15, -0.1) is 0 Å². The molecule has 0 bridgehead atoms. The lowest BCUT2D eigenvalue weighted by Crippen LogP contribution is -2.49. The molecule has 0 unspecified atom stereocenters. The molecule has 1 amide bonds. The second kappa shape index (κ2) is 8.70. The molecule has 0 atom stereocenters. The van der Waals surface area contributed by atoms with Crippen molar-refractivity contribution < 1.29 is 9.53 Å². The highest BCUT2D eigenvalue weighted by atomic mass is 16.5. The summed E-state index contributed by atoms with van der Waals surface area (Å²) in [7, 11) is 1.69. The van der Waals surface area contributed by atoms with Crippen molar-refractivity contribution in [3.63, 3.8) is 0 Å². The first kappa shape index (κ1) is 18.9. The summed E-state index contributed by atoms with van der Waals surface area (Å²) < 4.78 is 5.44. The van der Waals surface area contributed by atoms with Crippen molar-refractivity contribution in [2.45, 2.75) is 20.3 Å². The molecule has 1 N–H and O–H groups in total. The highest BCUT2D eigenvalue weighted by Gasteiger charge is 2.22. The summed E-state index contributed by atoms with van der Waals surface area (Å²) in [6.07, 6.45) is 0.436. The van der Waals surface area contributed by atoms with Gasteiger partial charge in [0.05, 0.1) is 12.8 Å². The molecule has 1 aromatic heterocycles. The smallest absolute Gasteiger partial charge is 0.224 e. The van der Waals surface area contributed by atoms with Gasteiger partial charge in [-0.1, -0.05) is 12.1 Å². The number of hydrogen-bond donors (Lipinski definition) is 1. The predicted octanol–water partition coefficient (Wildman–Crippen LogP) is 2.25. The lowest BCUT2D eigenvalue weighted by atomic mass is 10.2. The number of nitrogens with one attached hydrogen (secondary N) is 1. The Morgan fingerprint density at radius 2 is 1.78 bits per heavy atom. The molecule has 144 valence electrons. The number of benzene rings is 1. The number of carbonyl (C=O) groups excluding carboxylic acids is 1. The van der Waals surface area contributed by atoms with Crippen molar-refractivity contribution in [3.05, 3.63) is 41.7 Å². The van der Waals surface area contributed by atoms with Crippen LogP contribution in [-0.2, 0) is 4.79 Å². The molecule has 0 saturated carbocycles. The second-order valence-electron chi connectivity index (χ2n) is 6.69. The molecular weight excluding hydrogens is 342 g/mol. The number of para-hydroxylation sites is 2. The zero-order chi connectivity index (χ0) is 19.2. The number of rotatable bonds is 6. The average molecular weight is 369 g/mol. The number of nitrogens with zero attached hydrogens (tertiary/aromatic N) is 4. The Balaban J connectivity index is 1.47. The Morgan fingerprint density at radius 1 is 1.11 bits per heavy atom. The molecular formula is C20H27N5O2. The van der Waals surface area contributed by atoms with E-state index < -0.39 is 0 Å². The van der Waals surface area contributed by atoms with Crippen LogP contribution in [0.5, 0.6) is 5.75 Å². The summed E-state index contributed by atoms with van der Waals surface area (Å²) >= 11 is 0. The van der Waals surface area contributed by atoms with Crippen molar-refractivity contribution in [1.82, 2.24) is 14.9 Å². The van der Waals surface area contributed by atoms with Gasteiger partial charge >= 0.3 is 0 Å². The number of anilines is 2. The number of methoxy groups -OCH3 is 1. The van der Waals surface area contributed by atoms with Crippen LogP contribution in [0, 0.1) is 13.8 Å². The van der Waals surface area contributed by atoms with E-state index in [9.17, 15) is 4.79 Å². The number of piperazine rings is 1. The zero-order valence-electron chi connectivity index (χ0n) is 16.2. The third kappa shape index (κ3) is 4.87. The Hall–Kier alpha value is -2.83. The largest absolute Gasteiger partial charge is 0.495 e. The van der Waals surface area contributed by atoms with Crippen LogP contribution in [0.4, 0.5) is 11.6 Å². The Kier molecular flexibility index (Phi) is 6.11. The summed E-state index contributed by atoms with van der Waals surface area (Å²) in [5.41, 5.74) is 2.92. The van der Waals surface area contributed by atoms with Crippen LogP contribution in [0.3, 0.4) is 0 Å². The summed E-state index contributed by atoms with van der Waals surface area (Å²) in [6.45, 7) is 7.46. The monoisotopic (exact) mass is 369 g/mol. The van der Waals surface area contributed by atoms with Crippen molar-refractivity contribution in [2.24, 2.45) is 0 Å². The van der Waals surface area contributed by atoms with E-state index in [1.165, 1.54) is 0 Å². The molecule has 7 nitrogen and oxygen atoms in total. The van der Waals surface area contributed by atoms with Gasteiger partial charge in [-0.05, 0) is 32.0 Å². The van der Waals surface area contributed by atoms with Gasteiger partial charge in [-0.3, -0.25) is 4.79 Å². The lowest BCUT2D eigenvalue weighted by molar-refractivity contribution is -0.131. The fourth-order valence-corrected chi connectivity index (χ4v) is 3.33. The number of hydrogen-bond acceptors (Lipinski definition) is 6. The molecule has 1 fully saturated rings. The third-order valence-electron chi connectivity index (χ3n) is 4.66. The third-order valence-corrected chi connectivity index (χ3v) is 4.66. The van der Waals surface area contributed by atoms with E-state index in [0.29, 0.717) is 18.9 Å². The van der Waals surface area contributed by atoms with Crippen LogP contribution in [-0.4, -0.2) is 60.6 Å². The molecule has 1 saturated heterocycles. The SMILES string of the molecule is COc1ccccc1N1CCN(C(=O)CCNc2nc(C)cc(C)n2)CC1. The number of ether oxygens (including phenoxy) is 1. The lowest BCUT2D eigenvalue weighted by Gasteiger charge is -2.36. The minimum atomic E-state index is 0.159. The van der Waals surface area contributed by atoms with Crippen LogP contribution in [0.25, 0.3) is 0 Å². The van der Waals surface area contributed by atoms with Crippen LogP contribution in [0.1, 0.15) is 17.8 Å². The summed E-state index contributed by atoms with van der Waals surface area (Å²) in [5.74, 6) is 1.61. The molecule has 2 heterocycles. The fraction of sp³-hybridized carbons (Fsp3) is 0.450. The molecule has 1 aliphatic rings. The van der Waals surface area contributed by atoms with Crippen LogP contribution in [0.15, 0.2) is 30.3 Å². The molecule has 0 spiro atoms. The maximum atomic E-state index is 12.5. The molecule has 0 aliphatic carbocycles. The zero-order valence-corrected chi connectivity index (χ0v) is 16.2. The van der Waals surface area contributed by atoms with Crippen LogP contribution in [0.2, 0.25) is 0 Å². The maximum Gasteiger partial charge on any atom is 0.224 e. The van der Waals surface area contributed by atoms with Gasteiger partial charge < -0.3 is 19.9 Å². The van der Waals surface area contributed by atoms with Gasteiger partial charge in [0.2, 0.25) is 11.9 Å². The van der Waals surface area contributed by atoms with E-state index in [1.54, 1.807) is 7.11 Å².